The first-order valence-electron chi connectivity index (χ1n) is 26.4. The Kier molecular flexibility index (Phi) is 26.7. The van der Waals surface area contributed by atoms with Crippen molar-refractivity contribution < 1.29 is 38.1 Å². The van der Waals surface area contributed by atoms with Crippen molar-refractivity contribution >= 4 is 23.9 Å². The number of piperidine rings is 2. The first-order valence-corrected chi connectivity index (χ1v) is 26.4. The first-order chi connectivity index (χ1) is 30.2. The van der Waals surface area contributed by atoms with Crippen LogP contribution in [0.5, 0.6) is 0 Å². The molecule has 2 fully saturated rings. The zero-order valence-corrected chi connectivity index (χ0v) is 43.7. The fourth-order valence-electron chi connectivity index (χ4n) is 10.4. The number of hydrogen-bond donors (Lipinski definition) is 0. The minimum absolute atomic E-state index is 0.184. The molecule has 0 aromatic carbocycles. The van der Waals surface area contributed by atoms with E-state index in [0.29, 0.717) is 32.1 Å². The van der Waals surface area contributed by atoms with E-state index in [1.807, 2.05) is 0 Å². The van der Waals surface area contributed by atoms with Gasteiger partial charge in [0.05, 0.1) is 37.9 Å². The van der Waals surface area contributed by atoms with Crippen molar-refractivity contribution in [1.82, 2.24) is 9.80 Å². The van der Waals surface area contributed by atoms with Crippen LogP contribution < -0.4 is 0 Å². The molecule has 0 amide bonds. The third kappa shape index (κ3) is 21.6. The fourth-order valence-corrected chi connectivity index (χ4v) is 10.4. The lowest BCUT2D eigenvalue weighted by atomic mass is 9.78. The molecule has 2 aliphatic heterocycles. The molecule has 0 aromatic rings. The number of rotatable bonds is 33. The molecule has 2 unspecified atom stereocenters. The molecular formula is C54H100N2O8. The lowest BCUT2D eigenvalue weighted by Crippen LogP contribution is -2.60. The summed E-state index contributed by atoms with van der Waals surface area (Å²) < 4.78 is 24.1. The first kappa shape index (κ1) is 57.9. The molecule has 2 saturated heterocycles. The van der Waals surface area contributed by atoms with Crippen LogP contribution in [-0.4, -0.2) is 95.3 Å². The number of hydrogen-bond acceptors (Lipinski definition) is 10. The summed E-state index contributed by atoms with van der Waals surface area (Å²) in [6.07, 6.45) is 26.7. The molecule has 64 heavy (non-hydrogen) atoms. The molecule has 0 aromatic heterocycles. The summed E-state index contributed by atoms with van der Waals surface area (Å²) in [4.78, 5) is 61.0. The van der Waals surface area contributed by atoms with E-state index in [2.05, 4.69) is 93.1 Å². The molecule has 0 radical (unpaired) electrons. The van der Waals surface area contributed by atoms with Gasteiger partial charge in [0.25, 0.3) is 0 Å². The van der Waals surface area contributed by atoms with Crippen molar-refractivity contribution in [1.29, 1.82) is 0 Å². The Bertz CT molecular complexity index is 1310. The van der Waals surface area contributed by atoms with Gasteiger partial charge in [-0.1, -0.05) is 142 Å². The highest BCUT2D eigenvalue weighted by Crippen LogP contribution is 2.40. The van der Waals surface area contributed by atoms with Crippen molar-refractivity contribution in [2.45, 2.75) is 283 Å². The molecule has 2 heterocycles. The normalized spacial score (nSPS) is 19.8. The maximum atomic E-state index is 14.6. The highest BCUT2D eigenvalue weighted by molar-refractivity contribution is 5.88. The Morgan fingerprint density at radius 2 is 0.719 bits per heavy atom. The summed E-state index contributed by atoms with van der Waals surface area (Å²) in [6, 6.07) is 0. The van der Waals surface area contributed by atoms with Crippen LogP contribution >= 0.6 is 0 Å². The van der Waals surface area contributed by atoms with Crippen LogP contribution in [0.1, 0.15) is 249 Å². The number of carbonyl (C=O) groups is 4. The Hall–Kier alpha value is -2.20. The van der Waals surface area contributed by atoms with Crippen molar-refractivity contribution in [3.05, 3.63) is 0 Å². The molecule has 374 valence electrons. The van der Waals surface area contributed by atoms with Gasteiger partial charge >= 0.3 is 23.9 Å². The average Bonchev–Trinajstić information content (AvgIpc) is 3.20. The quantitative estimate of drug-likeness (QED) is 0.0358. The maximum absolute atomic E-state index is 14.6. The average molecular weight is 905 g/mol. The van der Waals surface area contributed by atoms with Crippen molar-refractivity contribution in [2.75, 3.05) is 27.3 Å². The standard InChI is InChI=1S/C54H100N2O8/c1-13-15-17-19-21-23-25-27-29-31-33-35-61-47(57)37-45(49(59)62-36-34-32-30-28-26-24-22-20-18-16-14-2)46(50(60)64-44-41-53(7,8)56(12)54(9,10)42-44)38-48(58)63-43-39-51(3,4)55(11)52(5,6)40-43/h43-46H,13-42H2,1-12H3. The van der Waals surface area contributed by atoms with Crippen LogP contribution in [0.4, 0.5) is 0 Å². The SMILES string of the molecule is CCCCCCCCCCCCCOC(=O)CC(C(=O)OCCCCCCCCCCCCC)C(CC(=O)OC1CC(C)(C)N(C)C(C)(C)C1)C(=O)OC1CC(C)(C)N(C)C(C)(C)C1. The van der Waals surface area contributed by atoms with E-state index in [0.717, 1.165) is 38.5 Å². The molecule has 0 bridgehead atoms. The number of nitrogens with zero attached hydrogens (tertiary/aromatic N) is 2. The van der Waals surface area contributed by atoms with Gasteiger partial charge in [0.1, 0.15) is 12.2 Å². The van der Waals surface area contributed by atoms with Crippen LogP contribution in [0.15, 0.2) is 0 Å². The number of carbonyl (C=O) groups excluding carboxylic acids is 4. The lowest BCUT2D eigenvalue weighted by molar-refractivity contribution is -0.177. The molecule has 2 atom stereocenters. The Morgan fingerprint density at radius 3 is 1.09 bits per heavy atom. The molecule has 0 aliphatic carbocycles. The molecule has 2 aliphatic rings. The van der Waals surface area contributed by atoms with E-state index in [4.69, 9.17) is 18.9 Å². The predicted octanol–water partition coefficient (Wildman–Crippen LogP) is 13.1. The van der Waals surface area contributed by atoms with Crippen LogP contribution in [0, 0.1) is 11.8 Å². The second kappa shape index (κ2) is 29.5. The topological polar surface area (TPSA) is 112 Å². The molecular weight excluding hydrogens is 805 g/mol. The molecule has 10 heteroatoms. The van der Waals surface area contributed by atoms with E-state index in [1.165, 1.54) is 96.3 Å². The fraction of sp³-hybridized carbons (Fsp3) is 0.926. The summed E-state index contributed by atoms with van der Waals surface area (Å²) in [6.45, 7) is 22.0. The van der Waals surface area contributed by atoms with E-state index in [1.54, 1.807) is 0 Å². The van der Waals surface area contributed by atoms with Crippen molar-refractivity contribution in [3.8, 4) is 0 Å². The Balaban J connectivity index is 2.21. The van der Waals surface area contributed by atoms with Crippen molar-refractivity contribution in [3.63, 3.8) is 0 Å². The van der Waals surface area contributed by atoms with Gasteiger partial charge in [0.2, 0.25) is 0 Å². The number of ether oxygens (including phenoxy) is 4. The third-order valence-corrected chi connectivity index (χ3v) is 15.0. The minimum Gasteiger partial charge on any atom is -0.466 e. The van der Waals surface area contributed by atoms with Crippen LogP contribution in [-0.2, 0) is 38.1 Å². The molecule has 0 N–H and O–H groups in total. The van der Waals surface area contributed by atoms with E-state index in [9.17, 15) is 19.2 Å². The number of esters is 4. The zero-order chi connectivity index (χ0) is 47.8. The zero-order valence-electron chi connectivity index (χ0n) is 43.7. The van der Waals surface area contributed by atoms with E-state index < -0.39 is 48.2 Å². The summed E-state index contributed by atoms with van der Waals surface area (Å²) in [7, 11) is 4.19. The summed E-state index contributed by atoms with van der Waals surface area (Å²) in [5, 5.41) is 0. The number of unbranched alkanes of at least 4 members (excludes halogenated alkanes) is 20. The summed E-state index contributed by atoms with van der Waals surface area (Å²) in [5.74, 6) is -5.02. The van der Waals surface area contributed by atoms with Crippen LogP contribution in [0.2, 0.25) is 0 Å². The van der Waals surface area contributed by atoms with Gasteiger partial charge in [-0.05, 0) is 82.3 Å². The van der Waals surface area contributed by atoms with Gasteiger partial charge in [-0.25, -0.2) is 0 Å². The maximum Gasteiger partial charge on any atom is 0.310 e. The van der Waals surface area contributed by atoms with Gasteiger partial charge in [-0.2, -0.15) is 0 Å². The Morgan fingerprint density at radius 1 is 0.422 bits per heavy atom. The van der Waals surface area contributed by atoms with Gasteiger partial charge in [-0.15, -0.1) is 0 Å². The van der Waals surface area contributed by atoms with Gasteiger partial charge in [0.15, 0.2) is 0 Å². The second-order valence-corrected chi connectivity index (χ2v) is 22.4. The minimum atomic E-state index is -1.27. The highest BCUT2D eigenvalue weighted by Gasteiger charge is 2.48. The van der Waals surface area contributed by atoms with Gasteiger partial charge in [-0.3, -0.25) is 29.0 Å². The van der Waals surface area contributed by atoms with Crippen LogP contribution in [0.25, 0.3) is 0 Å². The smallest absolute Gasteiger partial charge is 0.310 e. The van der Waals surface area contributed by atoms with E-state index >= 15 is 0 Å². The predicted molar refractivity (Wildman–Crippen MR) is 261 cm³/mol. The lowest BCUT2D eigenvalue weighted by Gasteiger charge is -2.53. The monoisotopic (exact) mass is 905 g/mol. The largest absolute Gasteiger partial charge is 0.466 e. The van der Waals surface area contributed by atoms with Crippen LogP contribution in [0.3, 0.4) is 0 Å². The highest BCUT2D eigenvalue weighted by atomic mass is 16.6. The molecule has 0 spiro atoms. The molecule has 10 nitrogen and oxygen atoms in total. The van der Waals surface area contributed by atoms with Gasteiger partial charge in [0, 0.05) is 47.8 Å². The summed E-state index contributed by atoms with van der Waals surface area (Å²) in [5.41, 5.74) is -0.978. The number of likely N-dealkylation sites (tertiary alicyclic amines) is 2. The van der Waals surface area contributed by atoms with E-state index in [-0.39, 0.29) is 47.9 Å². The summed E-state index contributed by atoms with van der Waals surface area (Å²) >= 11 is 0. The Labute approximate surface area is 393 Å². The third-order valence-electron chi connectivity index (χ3n) is 15.0. The molecule has 0 saturated carbocycles. The van der Waals surface area contributed by atoms with Crippen molar-refractivity contribution in [2.24, 2.45) is 11.8 Å². The van der Waals surface area contributed by atoms with Gasteiger partial charge < -0.3 is 18.9 Å². The second-order valence-electron chi connectivity index (χ2n) is 22.4. The molecule has 2 rings (SSSR count).